The molecule has 1 atom stereocenters. The largest absolute Gasteiger partial charge is 0.396 e. The Labute approximate surface area is 130 Å². The number of aliphatic hydroxyl groups excluding tert-OH is 1. The fraction of sp³-hybridized carbons (Fsp3) is 0.625. The summed E-state index contributed by atoms with van der Waals surface area (Å²) in [6, 6.07) is 7.31. The number of aliphatic hydroxyl groups is 1. The Bertz CT molecular complexity index is 460. The molecule has 0 saturated heterocycles. The maximum atomic E-state index is 9.22. The number of benzene rings is 1. The van der Waals surface area contributed by atoms with Crippen LogP contribution in [0, 0.1) is 5.92 Å². The van der Waals surface area contributed by atoms with Crippen molar-refractivity contribution in [3.63, 3.8) is 0 Å². The normalized spacial score (nSPS) is 30.0. The lowest BCUT2D eigenvalue weighted by molar-refractivity contribution is 0.171. The first-order chi connectivity index (χ1) is 9.76. The second-order valence-corrected chi connectivity index (χ2v) is 7.51. The van der Waals surface area contributed by atoms with E-state index in [9.17, 15) is 5.11 Å². The average molecular weight is 312 g/mol. The van der Waals surface area contributed by atoms with Crippen LogP contribution in [-0.4, -0.2) is 23.5 Å². The Kier molecular flexibility index (Phi) is 4.92. The highest BCUT2D eigenvalue weighted by atomic mass is 35.5. The number of hydrogen-bond donors (Lipinski definition) is 2. The molecule has 1 aromatic rings. The summed E-state index contributed by atoms with van der Waals surface area (Å²) in [7, 11) is 0. The molecule has 110 valence electrons. The third kappa shape index (κ3) is 3.33. The maximum absolute atomic E-state index is 9.22. The predicted octanol–water partition coefficient (Wildman–Crippen LogP) is 4.02. The number of nitrogens with one attached hydrogen (secondary N) is 1. The van der Waals surface area contributed by atoms with E-state index in [0.29, 0.717) is 24.6 Å². The minimum absolute atomic E-state index is 0.352. The summed E-state index contributed by atoms with van der Waals surface area (Å²) in [5.74, 6) is 1.70. The quantitative estimate of drug-likeness (QED) is 0.884. The van der Waals surface area contributed by atoms with Crippen molar-refractivity contribution in [3.05, 3.63) is 28.8 Å². The third-order valence-electron chi connectivity index (χ3n) is 4.55. The lowest BCUT2D eigenvalue weighted by Gasteiger charge is -2.34. The van der Waals surface area contributed by atoms with E-state index in [1.807, 2.05) is 17.8 Å². The first-order valence-corrected chi connectivity index (χ1v) is 8.92. The Hall–Kier alpha value is -0.220. The minimum atomic E-state index is 0.352. The summed E-state index contributed by atoms with van der Waals surface area (Å²) in [5, 5.41) is 13.9. The highest BCUT2D eigenvalue weighted by molar-refractivity contribution is 7.99. The Morgan fingerprint density at radius 2 is 2.00 bits per heavy atom. The molecule has 0 amide bonds. The second kappa shape index (κ2) is 6.69. The summed E-state index contributed by atoms with van der Waals surface area (Å²) in [4.78, 5) is 1.38. The summed E-state index contributed by atoms with van der Waals surface area (Å²) in [6.45, 7) is 0.352. The number of hydrogen-bond acceptors (Lipinski definition) is 3. The molecule has 2 N–H and O–H groups in total. The highest BCUT2D eigenvalue weighted by Crippen LogP contribution is 2.38. The first-order valence-electron chi connectivity index (χ1n) is 7.55. The van der Waals surface area contributed by atoms with Gasteiger partial charge in [0.2, 0.25) is 0 Å². The van der Waals surface area contributed by atoms with Crippen molar-refractivity contribution in [1.29, 1.82) is 0 Å². The Balaban J connectivity index is 1.66. The summed E-state index contributed by atoms with van der Waals surface area (Å²) < 4.78 is 0. The molecule has 2 aliphatic rings. The number of thioether (sulfide) groups is 1. The average Bonchev–Trinajstić information content (AvgIpc) is 2.49. The molecular formula is C16H22ClNOS. The molecule has 4 heteroatoms. The van der Waals surface area contributed by atoms with Gasteiger partial charge in [-0.25, -0.2) is 0 Å². The molecule has 0 radical (unpaired) electrons. The van der Waals surface area contributed by atoms with Crippen molar-refractivity contribution >= 4 is 23.4 Å². The standard InChI is InChI=1S/C16H22ClNOS/c17-12-3-6-16-14(9-12)15(7-8-20-16)18-13-4-1-11(10-19)2-5-13/h3,6,9,11,13,15,18-19H,1-2,4-5,7-8,10H2. The van der Waals surface area contributed by atoms with E-state index in [1.54, 1.807) is 0 Å². The van der Waals surface area contributed by atoms with Crippen LogP contribution in [-0.2, 0) is 0 Å². The van der Waals surface area contributed by atoms with Crippen molar-refractivity contribution in [1.82, 2.24) is 5.32 Å². The van der Waals surface area contributed by atoms with Gasteiger partial charge >= 0.3 is 0 Å². The lowest BCUT2D eigenvalue weighted by atomic mass is 9.86. The number of rotatable bonds is 3. The van der Waals surface area contributed by atoms with Crippen LogP contribution in [0.2, 0.25) is 5.02 Å². The third-order valence-corrected chi connectivity index (χ3v) is 5.91. The summed E-state index contributed by atoms with van der Waals surface area (Å²) in [6.07, 6.45) is 5.85. The van der Waals surface area contributed by atoms with Gasteiger partial charge in [0.1, 0.15) is 0 Å². The van der Waals surface area contributed by atoms with Crippen LogP contribution in [0.25, 0.3) is 0 Å². The van der Waals surface area contributed by atoms with E-state index in [0.717, 1.165) is 17.9 Å². The van der Waals surface area contributed by atoms with E-state index >= 15 is 0 Å². The van der Waals surface area contributed by atoms with Crippen molar-refractivity contribution < 1.29 is 5.11 Å². The van der Waals surface area contributed by atoms with Gasteiger partial charge in [-0.3, -0.25) is 0 Å². The molecule has 1 aliphatic carbocycles. The molecule has 2 nitrogen and oxygen atoms in total. The van der Waals surface area contributed by atoms with Gasteiger partial charge in [-0.2, -0.15) is 0 Å². The molecular weight excluding hydrogens is 290 g/mol. The second-order valence-electron chi connectivity index (χ2n) is 5.94. The zero-order chi connectivity index (χ0) is 13.9. The molecule has 1 aromatic carbocycles. The predicted molar refractivity (Wildman–Crippen MR) is 85.5 cm³/mol. The van der Waals surface area contributed by atoms with Crippen molar-refractivity contribution in [3.8, 4) is 0 Å². The zero-order valence-electron chi connectivity index (χ0n) is 11.6. The van der Waals surface area contributed by atoms with Gasteiger partial charge in [0.05, 0.1) is 0 Å². The fourth-order valence-electron chi connectivity index (χ4n) is 3.33. The van der Waals surface area contributed by atoms with Crippen LogP contribution in [0.3, 0.4) is 0 Å². The molecule has 20 heavy (non-hydrogen) atoms. The Morgan fingerprint density at radius 1 is 1.20 bits per heavy atom. The van der Waals surface area contributed by atoms with Gasteiger partial charge < -0.3 is 10.4 Å². The van der Waals surface area contributed by atoms with E-state index in [2.05, 4.69) is 17.4 Å². The molecule has 3 rings (SSSR count). The number of halogens is 1. The molecule has 0 aromatic heterocycles. The topological polar surface area (TPSA) is 32.3 Å². The van der Waals surface area contributed by atoms with Gasteiger partial charge in [-0.05, 0) is 67.5 Å². The van der Waals surface area contributed by atoms with Gasteiger partial charge in [-0.1, -0.05) is 11.6 Å². The van der Waals surface area contributed by atoms with Gasteiger partial charge in [0, 0.05) is 28.6 Å². The maximum Gasteiger partial charge on any atom is 0.0459 e. The van der Waals surface area contributed by atoms with Crippen LogP contribution in [0.4, 0.5) is 0 Å². The summed E-state index contributed by atoms with van der Waals surface area (Å²) in [5.41, 5.74) is 1.37. The minimum Gasteiger partial charge on any atom is -0.396 e. The molecule has 1 saturated carbocycles. The van der Waals surface area contributed by atoms with Crippen LogP contribution < -0.4 is 5.32 Å². The molecule has 0 spiro atoms. The molecule has 1 fully saturated rings. The van der Waals surface area contributed by atoms with Crippen LogP contribution in [0.15, 0.2) is 23.1 Å². The molecule has 1 unspecified atom stereocenters. The van der Waals surface area contributed by atoms with Gasteiger partial charge in [0.25, 0.3) is 0 Å². The van der Waals surface area contributed by atoms with Crippen LogP contribution in [0.1, 0.15) is 43.7 Å². The first kappa shape index (κ1) is 14.7. The van der Waals surface area contributed by atoms with E-state index < -0.39 is 0 Å². The SMILES string of the molecule is OCC1CCC(NC2CCSc3ccc(Cl)cc32)CC1. The van der Waals surface area contributed by atoms with Crippen molar-refractivity contribution in [2.24, 2.45) is 5.92 Å². The van der Waals surface area contributed by atoms with Crippen LogP contribution >= 0.6 is 23.4 Å². The number of fused-ring (bicyclic) bond motifs is 1. The highest BCUT2D eigenvalue weighted by Gasteiger charge is 2.26. The molecule has 0 bridgehead atoms. The van der Waals surface area contributed by atoms with Gasteiger partial charge in [-0.15, -0.1) is 11.8 Å². The van der Waals surface area contributed by atoms with Crippen molar-refractivity contribution in [2.75, 3.05) is 12.4 Å². The van der Waals surface area contributed by atoms with E-state index in [-0.39, 0.29) is 0 Å². The Morgan fingerprint density at radius 3 is 2.75 bits per heavy atom. The summed E-state index contributed by atoms with van der Waals surface area (Å²) >= 11 is 8.09. The van der Waals surface area contributed by atoms with Gasteiger partial charge in [0.15, 0.2) is 0 Å². The molecule has 1 heterocycles. The van der Waals surface area contributed by atoms with Crippen molar-refractivity contribution in [2.45, 2.75) is 49.1 Å². The zero-order valence-corrected chi connectivity index (χ0v) is 13.2. The van der Waals surface area contributed by atoms with E-state index in [4.69, 9.17) is 11.6 Å². The molecule has 1 aliphatic heterocycles. The van der Waals surface area contributed by atoms with Crippen LogP contribution in [0.5, 0.6) is 0 Å². The lowest BCUT2D eigenvalue weighted by Crippen LogP contribution is -2.37. The fourth-order valence-corrected chi connectivity index (χ4v) is 4.62. The smallest absolute Gasteiger partial charge is 0.0459 e. The monoisotopic (exact) mass is 311 g/mol. The van der Waals surface area contributed by atoms with E-state index in [1.165, 1.54) is 35.5 Å².